The highest BCUT2D eigenvalue weighted by Crippen LogP contribution is 2.39. The van der Waals surface area contributed by atoms with Gasteiger partial charge in [0.25, 0.3) is 0 Å². The Morgan fingerprint density at radius 1 is 0.962 bits per heavy atom. The molecule has 1 aromatic carbocycles. The van der Waals surface area contributed by atoms with Crippen molar-refractivity contribution in [3.63, 3.8) is 0 Å². The molecule has 0 radical (unpaired) electrons. The van der Waals surface area contributed by atoms with Gasteiger partial charge < -0.3 is 9.33 Å². The molecule has 1 aromatic rings. The zero-order chi connectivity index (χ0) is 20.3. The lowest BCUT2D eigenvalue weighted by molar-refractivity contribution is 0.205. The Kier molecular flexibility index (Phi) is 7.47. The van der Waals surface area contributed by atoms with Crippen LogP contribution >= 0.6 is 0 Å². The molecule has 0 heterocycles. The molecular formula is C21H40N2OSi2. The van der Waals surface area contributed by atoms with Gasteiger partial charge in [-0.25, -0.2) is 0 Å². The molecule has 0 saturated carbocycles. The molecule has 0 N–H and O–H groups in total. The third-order valence-corrected chi connectivity index (χ3v) is 7.58. The van der Waals surface area contributed by atoms with Crippen LogP contribution < -0.4 is 4.90 Å². The van der Waals surface area contributed by atoms with Gasteiger partial charge in [0.1, 0.15) is 0 Å². The van der Waals surface area contributed by atoms with Crippen molar-refractivity contribution in [2.24, 2.45) is 4.99 Å². The van der Waals surface area contributed by atoms with Crippen LogP contribution in [0.15, 0.2) is 29.3 Å². The Morgan fingerprint density at radius 3 is 1.81 bits per heavy atom. The number of rotatable bonds is 7. The Balaban J connectivity index is 3.38. The van der Waals surface area contributed by atoms with E-state index in [4.69, 9.17) is 9.42 Å². The smallest absolute Gasteiger partial charge is 0.184 e. The van der Waals surface area contributed by atoms with Crippen molar-refractivity contribution in [1.29, 1.82) is 0 Å². The molecule has 0 aliphatic heterocycles. The molecule has 2 unspecified atom stereocenters. The predicted octanol–water partition coefficient (Wildman–Crippen LogP) is 6.22. The van der Waals surface area contributed by atoms with Crippen LogP contribution in [-0.2, 0) is 4.43 Å². The second-order valence-corrected chi connectivity index (χ2v) is 20.3. The van der Waals surface area contributed by atoms with Crippen LogP contribution in [0.25, 0.3) is 0 Å². The molecule has 1 rings (SSSR count). The average molecular weight is 393 g/mol. The first-order valence-corrected chi connectivity index (χ1v) is 16.6. The van der Waals surface area contributed by atoms with Gasteiger partial charge in [0.2, 0.25) is 0 Å². The molecular weight excluding hydrogens is 352 g/mol. The second-order valence-electron chi connectivity index (χ2n) is 10.5. The maximum Gasteiger partial charge on any atom is 0.184 e. The SMILES string of the molecule is CN(C)c1ccc(C(O[Si](C)(C)C)C(C=NC(C)(C)C)[Si](C)(C)C)cc1. The van der Waals surface area contributed by atoms with E-state index in [0.717, 1.165) is 0 Å². The Hall–Kier alpha value is -0.916. The van der Waals surface area contributed by atoms with Crippen molar-refractivity contribution in [3.8, 4) is 0 Å². The quantitative estimate of drug-likeness (QED) is 0.406. The first-order chi connectivity index (χ1) is 11.6. The summed E-state index contributed by atoms with van der Waals surface area (Å²) in [5.41, 5.74) is 2.77. The molecule has 2 atom stereocenters. The van der Waals surface area contributed by atoms with Gasteiger partial charge in [-0.15, -0.1) is 0 Å². The maximum atomic E-state index is 6.75. The van der Waals surface area contributed by atoms with E-state index in [1.54, 1.807) is 0 Å². The topological polar surface area (TPSA) is 24.8 Å². The second kappa shape index (κ2) is 8.40. The Morgan fingerprint density at radius 2 is 1.46 bits per heavy atom. The summed E-state index contributed by atoms with van der Waals surface area (Å²) in [6, 6.07) is 8.85. The largest absolute Gasteiger partial charge is 0.410 e. The molecule has 26 heavy (non-hydrogen) atoms. The summed E-state index contributed by atoms with van der Waals surface area (Å²) in [6.07, 6.45) is 2.28. The molecule has 0 aliphatic rings. The maximum absolute atomic E-state index is 6.75. The number of hydrogen-bond donors (Lipinski definition) is 0. The lowest BCUT2D eigenvalue weighted by Crippen LogP contribution is -2.39. The standard InChI is InChI=1S/C21H40N2OSi2/c1-21(2,3)22-16-19(25(6,7)8)20(24-26(9,10)11)17-12-14-18(15-13-17)23(4)5/h12-16,19-20H,1-11H3. The summed E-state index contributed by atoms with van der Waals surface area (Å²) in [5, 5.41) is 0. The van der Waals surface area contributed by atoms with E-state index in [9.17, 15) is 0 Å². The molecule has 0 spiro atoms. The highest BCUT2D eigenvalue weighted by Gasteiger charge is 2.37. The van der Waals surface area contributed by atoms with Crippen molar-refractivity contribution in [1.82, 2.24) is 0 Å². The van der Waals surface area contributed by atoms with Gasteiger partial charge in [-0.05, 0) is 58.1 Å². The monoisotopic (exact) mass is 392 g/mol. The van der Waals surface area contributed by atoms with Crippen LogP contribution in [0.1, 0.15) is 32.4 Å². The van der Waals surface area contributed by atoms with Gasteiger partial charge >= 0.3 is 0 Å². The minimum absolute atomic E-state index is 0.0591. The normalized spacial score (nSPS) is 16.0. The van der Waals surface area contributed by atoms with E-state index in [-0.39, 0.29) is 11.6 Å². The molecule has 0 saturated heterocycles. The number of hydrogen-bond acceptors (Lipinski definition) is 3. The minimum atomic E-state index is -1.70. The number of nitrogens with zero attached hydrogens (tertiary/aromatic N) is 2. The van der Waals surface area contributed by atoms with Crippen LogP contribution in [0.4, 0.5) is 5.69 Å². The van der Waals surface area contributed by atoms with Crippen molar-refractivity contribution in [2.45, 2.75) is 77.2 Å². The summed E-state index contributed by atoms with van der Waals surface area (Å²) < 4.78 is 6.75. The Bertz CT molecular complexity index is 590. The van der Waals surface area contributed by atoms with E-state index in [1.807, 2.05) is 0 Å². The molecule has 3 nitrogen and oxygen atoms in total. The van der Waals surface area contributed by atoms with Crippen LogP contribution in [-0.4, -0.2) is 42.2 Å². The highest BCUT2D eigenvalue weighted by molar-refractivity contribution is 6.80. The summed E-state index contributed by atoms with van der Waals surface area (Å²) in [7, 11) is 0.916. The van der Waals surface area contributed by atoms with E-state index in [1.165, 1.54) is 11.3 Å². The highest BCUT2D eigenvalue weighted by atomic mass is 28.4. The molecule has 0 bridgehead atoms. The number of benzene rings is 1. The third-order valence-electron chi connectivity index (χ3n) is 4.17. The van der Waals surface area contributed by atoms with Gasteiger partial charge in [0.15, 0.2) is 8.32 Å². The van der Waals surface area contributed by atoms with E-state index in [0.29, 0.717) is 5.54 Å². The van der Waals surface area contributed by atoms with Gasteiger partial charge in [-0.2, -0.15) is 0 Å². The van der Waals surface area contributed by atoms with Gasteiger partial charge in [-0.1, -0.05) is 31.8 Å². The fourth-order valence-electron chi connectivity index (χ4n) is 2.75. The number of aliphatic imine (C=N–C) groups is 1. The summed E-state index contributed by atoms with van der Waals surface area (Å²) in [5.74, 6) is 0. The van der Waals surface area contributed by atoms with Gasteiger partial charge in [0, 0.05) is 31.5 Å². The number of anilines is 1. The first kappa shape index (κ1) is 23.1. The van der Waals surface area contributed by atoms with Crippen LogP contribution in [0.2, 0.25) is 44.8 Å². The predicted molar refractivity (Wildman–Crippen MR) is 123 cm³/mol. The van der Waals surface area contributed by atoms with E-state index < -0.39 is 16.4 Å². The molecule has 0 fully saturated rings. The lowest BCUT2D eigenvalue weighted by Gasteiger charge is -2.37. The van der Waals surface area contributed by atoms with E-state index in [2.05, 4.69) is 110 Å². The van der Waals surface area contributed by atoms with Crippen molar-refractivity contribution < 1.29 is 4.43 Å². The summed E-state index contributed by atoms with van der Waals surface area (Å²) in [6.45, 7) is 20.5. The van der Waals surface area contributed by atoms with Crippen molar-refractivity contribution >= 4 is 28.3 Å². The van der Waals surface area contributed by atoms with Crippen molar-refractivity contribution in [2.75, 3.05) is 19.0 Å². The summed E-state index contributed by atoms with van der Waals surface area (Å²) in [4.78, 5) is 7.02. The fourth-order valence-corrected chi connectivity index (χ4v) is 5.62. The van der Waals surface area contributed by atoms with Gasteiger partial charge in [0.05, 0.1) is 19.7 Å². The molecule has 5 heteroatoms. The zero-order valence-corrected chi connectivity index (χ0v) is 20.8. The minimum Gasteiger partial charge on any atom is -0.410 e. The van der Waals surface area contributed by atoms with Gasteiger partial charge in [-0.3, -0.25) is 4.99 Å². The summed E-state index contributed by atoms with van der Waals surface area (Å²) >= 11 is 0. The Labute approximate surface area is 164 Å². The molecule has 0 amide bonds. The molecule has 0 aliphatic carbocycles. The van der Waals surface area contributed by atoms with E-state index >= 15 is 0 Å². The lowest BCUT2D eigenvalue weighted by atomic mass is 10.1. The van der Waals surface area contributed by atoms with Crippen LogP contribution in [0.3, 0.4) is 0 Å². The molecule has 148 valence electrons. The van der Waals surface area contributed by atoms with Crippen LogP contribution in [0.5, 0.6) is 0 Å². The average Bonchev–Trinajstić information content (AvgIpc) is 2.42. The fraction of sp³-hybridized carbons (Fsp3) is 0.667. The zero-order valence-electron chi connectivity index (χ0n) is 18.8. The first-order valence-electron chi connectivity index (χ1n) is 9.61. The van der Waals surface area contributed by atoms with Crippen molar-refractivity contribution in [3.05, 3.63) is 29.8 Å². The molecule has 0 aromatic heterocycles. The third kappa shape index (κ3) is 7.76. The van der Waals surface area contributed by atoms with Crippen LogP contribution in [0, 0.1) is 0 Å².